The van der Waals surface area contributed by atoms with E-state index in [1.807, 2.05) is 30.0 Å². The van der Waals surface area contributed by atoms with Gasteiger partial charge in [-0.05, 0) is 57.1 Å². The molecule has 30 heavy (non-hydrogen) atoms. The van der Waals surface area contributed by atoms with E-state index in [0.29, 0.717) is 28.8 Å². The Morgan fingerprint density at radius 1 is 1.17 bits per heavy atom. The lowest BCUT2D eigenvalue weighted by molar-refractivity contribution is -0.117. The van der Waals surface area contributed by atoms with Gasteiger partial charge in [-0.15, -0.1) is 0 Å². The molecule has 1 aromatic heterocycles. The molecule has 1 aliphatic rings. The van der Waals surface area contributed by atoms with E-state index in [1.54, 1.807) is 37.1 Å². The van der Waals surface area contributed by atoms with Gasteiger partial charge in [0.1, 0.15) is 5.82 Å². The average molecular weight is 430 g/mol. The molecule has 3 amide bonds. The number of likely N-dealkylation sites (N-methyl/N-ethyl adjacent to an activating group) is 1. The summed E-state index contributed by atoms with van der Waals surface area (Å²) in [7, 11) is 1.73. The van der Waals surface area contributed by atoms with Crippen molar-refractivity contribution in [1.82, 2.24) is 15.2 Å². The van der Waals surface area contributed by atoms with Gasteiger partial charge in [-0.3, -0.25) is 9.69 Å². The summed E-state index contributed by atoms with van der Waals surface area (Å²) in [6.07, 6.45) is 0. The maximum Gasteiger partial charge on any atom is 0.329 e. The summed E-state index contributed by atoms with van der Waals surface area (Å²) < 4.78 is 0. The molecule has 2 N–H and O–H groups in total. The zero-order chi connectivity index (χ0) is 22.0. The van der Waals surface area contributed by atoms with E-state index in [9.17, 15) is 9.59 Å². The summed E-state index contributed by atoms with van der Waals surface area (Å²) in [5, 5.41) is 6.29. The Bertz CT molecular complexity index is 949. The molecule has 2 aromatic rings. The van der Waals surface area contributed by atoms with Crippen LogP contribution in [-0.2, 0) is 11.3 Å². The lowest BCUT2D eigenvalue weighted by atomic mass is 10.0. The number of amides is 3. The van der Waals surface area contributed by atoms with Gasteiger partial charge in [0.15, 0.2) is 0 Å². The summed E-state index contributed by atoms with van der Waals surface area (Å²) in [5.74, 6) is 0.561. The Hall–Kier alpha value is -2.64. The molecule has 0 saturated carbocycles. The summed E-state index contributed by atoms with van der Waals surface area (Å²) in [4.78, 5) is 33.8. The van der Waals surface area contributed by atoms with Crippen molar-refractivity contribution in [2.75, 3.05) is 17.3 Å². The predicted molar refractivity (Wildman–Crippen MR) is 120 cm³/mol. The predicted octanol–water partition coefficient (Wildman–Crippen LogP) is 4.40. The van der Waals surface area contributed by atoms with Gasteiger partial charge in [0.05, 0.1) is 29.7 Å². The van der Waals surface area contributed by atoms with E-state index in [1.165, 1.54) is 0 Å². The van der Waals surface area contributed by atoms with Crippen LogP contribution in [0.1, 0.15) is 33.4 Å². The van der Waals surface area contributed by atoms with Gasteiger partial charge in [-0.1, -0.05) is 31.5 Å². The van der Waals surface area contributed by atoms with Crippen LogP contribution in [0.25, 0.3) is 0 Å². The Morgan fingerprint density at radius 2 is 1.90 bits per heavy atom. The minimum absolute atomic E-state index is 0.0108. The highest BCUT2D eigenvalue weighted by Gasteiger charge is 2.36. The van der Waals surface area contributed by atoms with Crippen molar-refractivity contribution in [3.63, 3.8) is 0 Å². The van der Waals surface area contributed by atoms with Crippen molar-refractivity contribution >= 4 is 40.7 Å². The van der Waals surface area contributed by atoms with E-state index < -0.39 is 0 Å². The van der Waals surface area contributed by atoms with Crippen LogP contribution in [-0.4, -0.2) is 41.0 Å². The van der Waals surface area contributed by atoms with Gasteiger partial charge in [0.25, 0.3) is 0 Å². The number of hydrogen-bond acceptors (Lipinski definition) is 4. The van der Waals surface area contributed by atoms with Gasteiger partial charge in [0, 0.05) is 11.1 Å². The van der Waals surface area contributed by atoms with Crippen molar-refractivity contribution < 1.29 is 9.59 Å². The number of pyridine rings is 1. The van der Waals surface area contributed by atoms with E-state index in [-0.39, 0.29) is 29.9 Å². The molecule has 2 heterocycles. The maximum atomic E-state index is 13.4. The van der Waals surface area contributed by atoms with Crippen LogP contribution in [0.2, 0.25) is 5.02 Å². The smallest absolute Gasteiger partial charge is 0.315 e. The van der Waals surface area contributed by atoms with Crippen LogP contribution in [0.3, 0.4) is 0 Å². The molecule has 0 bridgehead atoms. The number of hydrogen-bond donors (Lipinski definition) is 2. The largest absolute Gasteiger partial charge is 0.329 e. The molecular formula is C22H28ClN5O2. The number of carbonyl (C=O) groups excluding carboxylic acids is 2. The molecule has 1 aliphatic heterocycles. The topological polar surface area (TPSA) is 77.6 Å². The number of benzene rings is 1. The van der Waals surface area contributed by atoms with E-state index >= 15 is 0 Å². The molecule has 0 fully saturated rings. The third-order valence-corrected chi connectivity index (χ3v) is 5.78. The van der Waals surface area contributed by atoms with Crippen molar-refractivity contribution in [2.24, 2.45) is 5.92 Å². The van der Waals surface area contributed by atoms with E-state index in [0.717, 1.165) is 5.69 Å². The zero-order valence-electron chi connectivity index (χ0n) is 17.9. The van der Waals surface area contributed by atoms with Gasteiger partial charge in [-0.25, -0.2) is 9.78 Å². The maximum absolute atomic E-state index is 13.4. The van der Waals surface area contributed by atoms with Crippen molar-refractivity contribution in [2.45, 2.75) is 46.3 Å². The molecule has 0 spiro atoms. The average Bonchev–Trinajstić information content (AvgIpc) is 2.72. The van der Waals surface area contributed by atoms with Gasteiger partial charge < -0.3 is 15.5 Å². The van der Waals surface area contributed by atoms with Crippen molar-refractivity contribution in [3.05, 3.63) is 47.1 Å². The first kappa shape index (κ1) is 22.1. The molecule has 8 heteroatoms. The minimum atomic E-state index is -0.343. The second kappa shape index (κ2) is 9.02. The Balaban J connectivity index is 2.04. The number of rotatable bonds is 6. The number of carbonyl (C=O) groups is 2. The normalized spacial score (nSPS) is 15.8. The second-order valence-corrected chi connectivity index (χ2v) is 8.31. The van der Waals surface area contributed by atoms with Gasteiger partial charge in [-0.2, -0.15) is 0 Å². The second-order valence-electron chi connectivity index (χ2n) is 7.87. The molecule has 1 unspecified atom stereocenters. The fraction of sp³-hybridized carbons (Fsp3) is 0.409. The van der Waals surface area contributed by atoms with Gasteiger partial charge in [0.2, 0.25) is 5.91 Å². The number of halogens is 1. The molecule has 0 saturated heterocycles. The third kappa shape index (κ3) is 4.42. The molecular weight excluding hydrogens is 402 g/mol. The molecule has 2 atom stereocenters. The zero-order valence-corrected chi connectivity index (χ0v) is 18.7. The summed E-state index contributed by atoms with van der Waals surface area (Å²) >= 11 is 6.19. The monoisotopic (exact) mass is 429 g/mol. The van der Waals surface area contributed by atoms with Crippen LogP contribution in [0.4, 0.5) is 22.0 Å². The Morgan fingerprint density at radius 3 is 2.53 bits per heavy atom. The molecule has 160 valence electrons. The molecule has 7 nitrogen and oxygen atoms in total. The van der Waals surface area contributed by atoms with Crippen LogP contribution < -0.4 is 15.5 Å². The van der Waals surface area contributed by atoms with Crippen LogP contribution in [0.15, 0.2) is 36.4 Å². The lowest BCUT2D eigenvalue weighted by Crippen LogP contribution is -2.50. The minimum Gasteiger partial charge on any atom is -0.315 e. The lowest BCUT2D eigenvalue weighted by Gasteiger charge is -2.40. The number of nitrogens with one attached hydrogen (secondary N) is 2. The van der Waals surface area contributed by atoms with Crippen LogP contribution in [0, 0.1) is 5.92 Å². The fourth-order valence-electron chi connectivity index (χ4n) is 3.25. The highest BCUT2D eigenvalue weighted by Crippen LogP contribution is 2.37. The van der Waals surface area contributed by atoms with Gasteiger partial charge >= 0.3 is 6.03 Å². The summed E-state index contributed by atoms with van der Waals surface area (Å²) in [5.41, 5.74) is 2.09. The molecule has 0 radical (unpaired) electrons. The summed E-state index contributed by atoms with van der Waals surface area (Å²) in [6, 6.07) is 10.3. The Kier molecular flexibility index (Phi) is 6.63. The number of anilines is 3. The standard InChI is InChI=1S/C22H28ClN5O2/c1-13(2)15(4)27-12-18-19(9-10-20(25-18)26-21(29)14(3)24-5)28(22(27)30)17-8-6-7-16(23)11-17/h6-11,13-15,24H,12H2,1-5H3,(H,25,26,29)/t14?,15-/m0/s1. The quantitative estimate of drug-likeness (QED) is 0.713. The van der Waals surface area contributed by atoms with Crippen molar-refractivity contribution in [1.29, 1.82) is 0 Å². The van der Waals surface area contributed by atoms with E-state index in [2.05, 4.69) is 29.5 Å². The molecule has 0 aliphatic carbocycles. The highest BCUT2D eigenvalue weighted by atomic mass is 35.5. The van der Waals surface area contributed by atoms with Crippen LogP contribution >= 0.6 is 11.6 Å². The highest BCUT2D eigenvalue weighted by molar-refractivity contribution is 6.31. The molecule has 1 aromatic carbocycles. The van der Waals surface area contributed by atoms with Crippen molar-refractivity contribution in [3.8, 4) is 0 Å². The first-order chi connectivity index (χ1) is 14.2. The Labute approximate surface area is 182 Å². The third-order valence-electron chi connectivity index (χ3n) is 5.55. The summed E-state index contributed by atoms with van der Waals surface area (Å²) in [6.45, 7) is 8.35. The number of urea groups is 1. The molecule has 3 rings (SSSR count). The van der Waals surface area contributed by atoms with E-state index in [4.69, 9.17) is 11.6 Å². The number of fused-ring (bicyclic) bond motifs is 1. The van der Waals surface area contributed by atoms with Crippen LogP contribution in [0.5, 0.6) is 0 Å². The first-order valence-corrected chi connectivity index (χ1v) is 10.4. The number of nitrogens with zero attached hydrogens (tertiary/aromatic N) is 3. The fourth-order valence-corrected chi connectivity index (χ4v) is 3.44. The first-order valence-electron chi connectivity index (χ1n) is 10.1. The number of aromatic nitrogens is 1. The SMILES string of the molecule is CNC(C)C(=O)Nc1ccc2c(n1)CN([C@@H](C)C(C)C)C(=O)N2c1cccc(Cl)c1.